The monoisotopic (exact) mass is 275 g/mol. The first-order valence-corrected chi connectivity index (χ1v) is 5.96. The topological polar surface area (TPSA) is 74.1 Å². The number of thiophene rings is 1. The Bertz CT molecular complexity index is 506. The lowest BCUT2D eigenvalue weighted by Crippen LogP contribution is -2.30. The maximum atomic E-state index is 11.5. The zero-order valence-corrected chi connectivity index (χ0v) is 11.0. The van der Waals surface area contributed by atoms with Crippen LogP contribution in [0.5, 0.6) is 0 Å². The van der Waals surface area contributed by atoms with Gasteiger partial charge in [0, 0.05) is 6.04 Å². The summed E-state index contributed by atoms with van der Waals surface area (Å²) in [6.45, 7) is 2.36. The molecule has 0 saturated heterocycles. The van der Waals surface area contributed by atoms with Gasteiger partial charge in [0.1, 0.15) is 0 Å². The summed E-state index contributed by atoms with van der Waals surface area (Å²) in [5, 5.41) is 6.02. The third-order valence-electron chi connectivity index (χ3n) is 2.27. The Hall–Kier alpha value is -1.11. The summed E-state index contributed by atoms with van der Waals surface area (Å²) in [6.07, 6.45) is 0.799. The predicted octanol–water partition coefficient (Wildman–Crippen LogP) is 1.72. The Morgan fingerprint density at radius 1 is 1.65 bits per heavy atom. The van der Waals surface area contributed by atoms with Crippen molar-refractivity contribution in [1.82, 2.24) is 9.78 Å². The van der Waals surface area contributed by atoms with Gasteiger partial charge in [-0.25, -0.2) is 4.79 Å². The highest BCUT2D eigenvalue weighted by molar-refractivity contribution is 7.13. The smallest absolute Gasteiger partial charge is 0.387 e. The molecule has 2 aromatic heterocycles. The molecule has 2 heterocycles. The molecule has 0 bridgehead atoms. The maximum Gasteiger partial charge on any atom is 0.437 e. The summed E-state index contributed by atoms with van der Waals surface area (Å²) < 4.78 is 6.34. The van der Waals surface area contributed by atoms with Gasteiger partial charge in [-0.15, -0.1) is 28.8 Å². The Labute approximate surface area is 109 Å². The van der Waals surface area contributed by atoms with Gasteiger partial charge in [0.05, 0.1) is 11.4 Å². The van der Waals surface area contributed by atoms with Gasteiger partial charge in [0.25, 0.3) is 5.89 Å². The Balaban J connectivity index is 0.00000144. The number of rotatable bonds is 4. The number of halogens is 1. The van der Waals surface area contributed by atoms with E-state index in [0.717, 1.165) is 11.3 Å². The summed E-state index contributed by atoms with van der Waals surface area (Å²) in [5.41, 5.74) is 5.76. The van der Waals surface area contributed by atoms with Gasteiger partial charge < -0.3 is 10.2 Å². The number of nitrogens with zero attached hydrogens (tertiary/aromatic N) is 2. The minimum Gasteiger partial charge on any atom is -0.387 e. The molecule has 2 aromatic rings. The Kier molecular flexibility index (Phi) is 4.92. The van der Waals surface area contributed by atoms with E-state index in [4.69, 9.17) is 10.2 Å². The molecule has 5 nitrogen and oxygen atoms in total. The molecule has 0 aliphatic rings. The van der Waals surface area contributed by atoms with E-state index in [1.54, 1.807) is 0 Å². The van der Waals surface area contributed by atoms with Crippen LogP contribution < -0.4 is 11.5 Å². The molecule has 0 fully saturated rings. The van der Waals surface area contributed by atoms with Crippen molar-refractivity contribution in [2.45, 2.75) is 25.9 Å². The summed E-state index contributed by atoms with van der Waals surface area (Å²) in [4.78, 5) is 12.3. The summed E-state index contributed by atoms with van der Waals surface area (Å²) >= 11 is 1.48. The van der Waals surface area contributed by atoms with Gasteiger partial charge in [-0.2, -0.15) is 4.68 Å². The fraction of sp³-hybridized carbons (Fsp3) is 0.400. The summed E-state index contributed by atoms with van der Waals surface area (Å²) in [6, 6.07) is 3.68. The van der Waals surface area contributed by atoms with Gasteiger partial charge >= 0.3 is 5.76 Å². The minimum absolute atomic E-state index is 0. The van der Waals surface area contributed by atoms with Crippen LogP contribution >= 0.6 is 23.7 Å². The lowest BCUT2D eigenvalue weighted by atomic mass is 10.2. The second-order valence-corrected chi connectivity index (χ2v) is 4.45. The van der Waals surface area contributed by atoms with Crippen molar-refractivity contribution in [3.05, 3.63) is 28.1 Å². The first-order chi connectivity index (χ1) is 7.70. The van der Waals surface area contributed by atoms with Crippen LogP contribution in [0.4, 0.5) is 0 Å². The average Bonchev–Trinajstić information content (AvgIpc) is 2.88. The van der Waals surface area contributed by atoms with Crippen LogP contribution in [-0.2, 0) is 6.54 Å². The third-order valence-corrected chi connectivity index (χ3v) is 3.13. The first-order valence-electron chi connectivity index (χ1n) is 5.08. The number of hydrogen-bond donors (Lipinski definition) is 1. The molecule has 94 valence electrons. The summed E-state index contributed by atoms with van der Waals surface area (Å²) in [5.74, 6) is -0.0874. The highest BCUT2D eigenvalue weighted by Crippen LogP contribution is 2.20. The van der Waals surface area contributed by atoms with Gasteiger partial charge in [-0.1, -0.05) is 13.0 Å². The molecule has 0 aliphatic heterocycles. The second-order valence-electron chi connectivity index (χ2n) is 3.50. The molecular weight excluding hydrogens is 262 g/mol. The van der Waals surface area contributed by atoms with Crippen molar-refractivity contribution in [3.63, 3.8) is 0 Å². The second kappa shape index (κ2) is 6.00. The van der Waals surface area contributed by atoms with Gasteiger partial charge in [-0.05, 0) is 17.9 Å². The average molecular weight is 276 g/mol. The number of hydrogen-bond acceptors (Lipinski definition) is 5. The number of nitrogens with two attached hydrogens (primary N) is 1. The van der Waals surface area contributed by atoms with Crippen LogP contribution in [0.1, 0.15) is 13.3 Å². The standard InChI is InChI=1S/C10H13N3O2S.ClH/c1-2-7(11)6-13-10(14)15-9(12-13)8-4-3-5-16-8;/h3-5,7H,2,6,11H2,1H3;1H/t7-;/m0./s1. The van der Waals surface area contributed by atoms with E-state index in [1.807, 2.05) is 24.4 Å². The molecule has 0 amide bonds. The van der Waals surface area contributed by atoms with Gasteiger partial charge in [0.2, 0.25) is 0 Å². The van der Waals surface area contributed by atoms with E-state index in [0.29, 0.717) is 12.4 Å². The normalized spacial score (nSPS) is 12.1. The number of aromatic nitrogens is 2. The van der Waals surface area contributed by atoms with E-state index in [-0.39, 0.29) is 18.4 Å². The van der Waals surface area contributed by atoms with Crippen LogP contribution in [0.3, 0.4) is 0 Å². The van der Waals surface area contributed by atoms with Crippen LogP contribution in [0, 0.1) is 0 Å². The fourth-order valence-corrected chi connectivity index (χ4v) is 1.92. The molecule has 0 aromatic carbocycles. The third kappa shape index (κ3) is 3.18. The lowest BCUT2D eigenvalue weighted by Gasteiger charge is -2.05. The van der Waals surface area contributed by atoms with Crippen molar-refractivity contribution < 1.29 is 4.42 Å². The van der Waals surface area contributed by atoms with Crippen molar-refractivity contribution in [3.8, 4) is 10.8 Å². The zero-order chi connectivity index (χ0) is 11.5. The molecule has 0 radical (unpaired) electrons. The minimum atomic E-state index is -0.452. The van der Waals surface area contributed by atoms with E-state index in [1.165, 1.54) is 16.0 Å². The van der Waals surface area contributed by atoms with Crippen molar-refractivity contribution >= 4 is 23.7 Å². The van der Waals surface area contributed by atoms with Crippen molar-refractivity contribution in [2.24, 2.45) is 5.73 Å². The highest BCUT2D eigenvalue weighted by atomic mass is 35.5. The van der Waals surface area contributed by atoms with E-state index < -0.39 is 5.76 Å². The molecule has 0 saturated carbocycles. The Morgan fingerprint density at radius 3 is 3.00 bits per heavy atom. The van der Waals surface area contributed by atoms with Crippen molar-refractivity contribution in [1.29, 1.82) is 0 Å². The van der Waals surface area contributed by atoms with Gasteiger partial charge in [0.15, 0.2) is 0 Å². The zero-order valence-electron chi connectivity index (χ0n) is 9.33. The largest absolute Gasteiger partial charge is 0.437 e. The highest BCUT2D eigenvalue weighted by Gasteiger charge is 2.12. The molecule has 0 aliphatic carbocycles. The molecule has 2 N–H and O–H groups in total. The van der Waals surface area contributed by atoms with Crippen LogP contribution in [0.25, 0.3) is 10.8 Å². The Morgan fingerprint density at radius 2 is 2.41 bits per heavy atom. The van der Waals surface area contributed by atoms with Crippen LogP contribution in [-0.4, -0.2) is 15.8 Å². The van der Waals surface area contributed by atoms with Crippen molar-refractivity contribution in [2.75, 3.05) is 0 Å². The maximum absolute atomic E-state index is 11.5. The molecular formula is C10H14ClN3O2S. The molecule has 17 heavy (non-hydrogen) atoms. The molecule has 0 spiro atoms. The fourth-order valence-electron chi connectivity index (χ4n) is 1.27. The summed E-state index contributed by atoms with van der Waals surface area (Å²) in [7, 11) is 0. The first kappa shape index (κ1) is 14.0. The SMILES string of the molecule is CC[C@H](N)Cn1nc(-c2cccs2)oc1=O.Cl. The lowest BCUT2D eigenvalue weighted by molar-refractivity contribution is 0.444. The predicted molar refractivity (Wildman–Crippen MR) is 69.6 cm³/mol. The quantitative estimate of drug-likeness (QED) is 0.922. The molecule has 1 atom stereocenters. The van der Waals surface area contributed by atoms with Crippen LogP contribution in [0.2, 0.25) is 0 Å². The van der Waals surface area contributed by atoms with E-state index >= 15 is 0 Å². The van der Waals surface area contributed by atoms with E-state index in [9.17, 15) is 4.79 Å². The van der Waals surface area contributed by atoms with Gasteiger partial charge in [-0.3, -0.25) is 0 Å². The molecule has 7 heteroatoms. The molecule has 2 rings (SSSR count). The van der Waals surface area contributed by atoms with E-state index in [2.05, 4.69) is 5.10 Å². The van der Waals surface area contributed by atoms with Crippen LogP contribution in [0.15, 0.2) is 26.7 Å². The molecule has 0 unspecified atom stereocenters.